The fourth-order valence-electron chi connectivity index (χ4n) is 6.50. The summed E-state index contributed by atoms with van der Waals surface area (Å²) in [6.07, 6.45) is 33.4. The standard InChI is InChI=1S/C28H48/c1-3-5-8-24-11-13-25(14-12-24)9-6-7-10-26-17-21-28(22-18-26)27-19-15-23(4-2)16-20-27/h5,7-8,10,23-28H,3-4,6,9,11-22H2,1-2H3. The van der Waals surface area contributed by atoms with E-state index in [4.69, 9.17) is 0 Å². The van der Waals surface area contributed by atoms with E-state index < -0.39 is 0 Å². The third-order valence-electron chi connectivity index (χ3n) is 8.64. The molecule has 0 aromatic carbocycles. The Kier molecular flexibility index (Phi) is 9.69. The van der Waals surface area contributed by atoms with Crippen molar-refractivity contribution in [3.05, 3.63) is 24.3 Å². The lowest BCUT2D eigenvalue weighted by molar-refractivity contribution is 0.154. The largest absolute Gasteiger partial charge is 0.0885 e. The second-order valence-corrected chi connectivity index (χ2v) is 10.5. The molecule has 0 bridgehead atoms. The van der Waals surface area contributed by atoms with Crippen LogP contribution in [0.1, 0.15) is 117 Å². The summed E-state index contributed by atoms with van der Waals surface area (Å²) in [7, 11) is 0. The maximum absolute atomic E-state index is 2.61. The molecule has 0 aliphatic heterocycles. The van der Waals surface area contributed by atoms with Crippen molar-refractivity contribution in [3.8, 4) is 0 Å². The minimum atomic E-state index is 0.888. The van der Waals surface area contributed by atoms with Gasteiger partial charge >= 0.3 is 0 Å². The molecule has 28 heavy (non-hydrogen) atoms. The molecule has 0 spiro atoms. The van der Waals surface area contributed by atoms with E-state index in [1.165, 1.54) is 89.9 Å². The van der Waals surface area contributed by atoms with Gasteiger partial charge in [-0.15, -0.1) is 0 Å². The Morgan fingerprint density at radius 1 is 0.571 bits per heavy atom. The van der Waals surface area contributed by atoms with Gasteiger partial charge in [0, 0.05) is 0 Å². The average Bonchev–Trinajstić information content (AvgIpc) is 2.76. The number of hydrogen-bond acceptors (Lipinski definition) is 0. The van der Waals surface area contributed by atoms with Gasteiger partial charge in [0.05, 0.1) is 0 Å². The van der Waals surface area contributed by atoms with Crippen molar-refractivity contribution in [1.82, 2.24) is 0 Å². The molecule has 0 unspecified atom stereocenters. The van der Waals surface area contributed by atoms with Crippen LogP contribution in [0.15, 0.2) is 24.3 Å². The zero-order valence-electron chi connectivity index (χ0n) is 19.1. The molecule has 0 N–H and O–H groups in total. The molecule has 0 aromatic heterocycles. The Morgan fingerprint density at radius 2 is 1.07 bits per heavy atom. The van der Waals surface area contributed by atoms with Crippen LogP contribution < -0.4 is 0 Å². The van der Waals surface area contributed by atoms with Gasteiger partial charge in [-0.2, -0.15) is 0 Å². The molecular weight excluding hydrogens is 336 g/mol. The highest BCUT2D eigenvalue weighted by atomic mass is 14.3. The zero-order valence-corrected chi connectivity index (χ0v) is 19.1. The topological polar surface area (TPSA) is 0 Å². The van der Waals surface area contributed by atoms with Gasteiger partial charge < -0.3 is 0 Å². The van der Waals surface area contributed by atoms with E-state index in [1.807, 2.05) is 0 Å². The number of allylic oxidation sites excluding steroid dienone is 4. The molecule has 0 aromatic rings. The molecule has 160 valence electrons. The maximum atomic E-state index is 2.61. The van der Waals surface area contributed by atoms with E-state index in [0.29, 0.717) is 0 Å². The van der Waals surface area contributed by atoms with E-state index in [-0.39, 0.29) is 0 Å². The molecule has 0 heteroatoms. The summed E-state index contributed by atoms with van der Waals surface area (Å²) >= 11 is 0. The van der Waals surface area contributed by atoms with E-state index in [9.17, 15) is 0 Å². The molecular formula is C28H48. The zero-order chi connectivity index (χ0) is 19.6. The van der Waals surface area contributed by atoms with Crippen LogP contribution in [0.5, 0.6) is 0 Å². The monoisotopic (exact) mass is 384 g/mol. The summed E-state index contributed by atoms with van der Waals surface area (Å²) in [6.45, 7) is 4.64. The first kappa shape index (κ1) is 22.2. The minimum absolute atomic E-state index is 0.888. The molecule has 0 atom stereocenters. The molecule has 0 radical (unpaired) electrons. The van der Waals surface area contributed by atoms with Crippen LogP contribution >= 0.6 is 0 Å². The van der Waals surface area contributed by atoms with Crippen LogP contribution in [0.3, 0.4) is 0 Å². The molecule has 0 nitrogen and oxygen atoms in total. The predicted molar refractivity (Wildman–Crippen MR) is 124 cm³/mol. The van der Waals surface area contributed by atoms with Crippen LogP contribution in [-0.4, -0.2) is 0 Å². The van der Waals surface area contributed by atoms with E-state index in [1.54, 1.807) is 12.8 Å². The number of rotatable bonds is 8. The molecule has 0 heterocycles. The number of hydrogen-bond donors (Lipinski definition) is 0. The molecule has 3 fully saturated rings. The molecule has 3 aliphatic carbocycles. The first-order valence-electron chi connectivity index (χ1n) is 13.1. The van der Waals surface area contributed by atoms with Gasteiger partial charge in [0.1, 0.15) is 0 Å². The van der Waals surface area contributed by atoms with Crippen LogP contribution in [0.2, 0.25) is 0 Å². The highest BCUT2D eigenvalue weighted by Crippen LogP contribution is 2.42. The molecule has 0 saturated heterocycles. The van der Waals surface area contributed by atoms with Crippen LogP contribution in [-0.2, 0) is 0 Å². The van der Waals surface area contributed by atoms with Crippen LogP contribution in [0, 0.1) is 35.5 Å². The third-order valence-corrected chi connectivity index (χ3v) is 8.64. The Balaban J connectivity index is 1.26. The second-order valence-electron chi connectivity index (χ2n) is 10.5. The Labute approximate surface area is 176 Å². The summed E-state index contributed by atoms with van der Waals surface area (Å²) in [5, 5.41) is 0. The average molecular weight is 385 g/mol. The summed E-state index contributed by atoms with van der Waals surface area (Å²) in [6, 6.07) is 0. The Bertz CT molecular complexity index is 448. The van der Waals surface area contributed by atoms with Crippen molar-refractivity contribution in [3.63, 3.8) is 0 Å². The van der Waals surface area contributed by atoms with Crippen LogP contribution in [0.4, 0.5) is 0 Å². The van der Waals surface area contributed by atoms with Crippen molar-refractivity contribution in [2.75, 3.05) is 0 Å². The first-order valence-corrected chi connectivity index (χ1v) is 13.1. The van der Waals surface area contributed by atoms with E-state index in [2.05, 4.69) is 38.2 Å². The Morgan fingerprint density at radius 3 is 1.64 bits per heavy atom. The van der Waals surface area contributed by atoms with Gasteiger partial charge in [0.25, 0.3) is 0 Å². The van der Waals surface area contributed by atoms with Crippen LogP contribution in [0.25, 0.3) is 0 Å². The van der Waals surface area contributed by atoms with E-state index in [0.717, 1.165) is 35.5 Å². The van der Waals surface area contributed by atoms with Gasteiger partial charge in [-0.3, -0.25) is 0 Å². The third kappa shape index (κ3) is 7.07. The fraction of sp³-hybridized carbons (Fsp3) is 0.857. The van der Waals surface area contributed by atoms with Crippen molar-refractivity contribution in [2.24, 2.45) is 35.5 Å². The summed E-state index contributed by atoms with van der Waals surface area (Å²) in [5.74, 6) is 6.00. The fourth-order valence-corrected chi connectivity index (χ4v) is 6.50. The lowest BCUT2D eigenvalue weighted by Gasteiger charge is -2.37. The summed E-state index contributed by atoms with van der Waals surface area (Å²) < 4.78 is 0. The molecule has 3 rings (SSSR count). The van der Waals surface area contributed by atoms with E-state index >= 15 is 0 Å². The lowest BCUT2D eigenvalue weighted by atomic mass is 9.69. The second kappa shape index (κ2) is 12.2. The van der Waals surface area contributed by atoms with Crippen molar-refractivity contribution in [1.29, 1.82) is 0 Å². The highest BCUT2D eigenvalue weighted by Gasteiger charge is 2.29. The lowest BCUT2D eigenvalue weighted by Crippen LogP contribution is -2.25. The highest BCUT2D eigenvalue weighted by molar-refractivity contribution is 4.94. The van der Waals surface area contributed by atoms with Gasteiger partial charge in [-0.25, -0.2) is 0 Å². The molecule has 3 aliphatic rings. The smallest absolute Gasteiger partial charge is 0.0233 e. The normalized spacial score (nSPS) is 37.6. The van der Waals surface area contributed by atoms with Gasteiger partial charge in [-0.05, 0) is 119 Å². The van der Waals surface area contributed by atoms with Crippen molar-refractivity contribution >= 4 is 0 Å². The predicted octanol–water partition coefficient (Wildman–Crippen LogP) is 9.12. The van der Waals surface area contributed by atoms with Crippen molar-refractivity contribution < 1.29 is 0 Å². The summed E-state index contributed by atoms with van der Waals surface area (Å²) in [4.78, 5) is 0. The first-order chi connectivity index (χ1) is 13.8. The molecule has 3 saturated carbocycles. The van der Waals surface area contributed by atoms with Gasteiger partial charge in [-0.1, -0.05) is 57.4 Å². The molecule has 0 amide bonds. The SMILES string of the molecule is CCC=CC1CCC(CCC=CC2CCC(C3CCC(CC)CC3)CC2)CC1. The van der Waals surface area contributed by atoms with Gasteiger partial charge in [0.2, 0.25) is 0 Å². The maximum Gasteiger partial charge on any atom is -0.0233 e. The summed E-state index contributed by atoms with van der Waals surface area (Å²) in [5.41, 5.74) is 0. The minimum Gasteiger partial charge on any atom is -0.0885 e. The van der Waals surface area contributed by atoms with Gasteiger partial charge in [0.15, 0.2) is 0 Å². The Hall–Kier alpha value is -0.520. The quantitative estimate of drug-likeness (QED) is 0.366. The van der Waals surface area contributed by atoms with Crippen molar-refractivity contribution in [2.45, 2.75) is 117 Å².